The Labute approximate surface area is 113 Å². The summed E-state index contributed by atoms with van der Waals surface area (Å²) in [4.78, 5) is 11.4. The molecule has 1 aromatic rings. The van der Waals surface area contributed by atoms with Crippen molar-refractivity contribution in [1.82, 2.24) is 5.32 Å². The van der Waals surface area contributed by atoms with Crippen LogP contribution in [0.15, 0.2) is 30.3 Å². The molecule has 1 amide bonds. The van der Waals surface area contributed by atoms with Gasteiger partial charge in [0, 0.05) is 11.8 Å². The van der Waals surface area contributed by atoms with Crippen molar-refractivity contribution in [1.29, 1.82) is 5.26 Å². The van der Waals surface area contributed by atoms with Crippen molar-refractivity contribution in [2.75, 3.05) is 11.5 Å². The Morgan fingerprint density at radius 2 is 2.06 bits per heavy atom. The fraction of sp³-hybridized carbons (Fsp3) is 0.429. The van der Waals surface area contributed by atoms with Crippen LogP contribution in [-0.2, 0) is 4.79 Å². The van der Waals surface area contributed by atoms with E-state index in [-0.39, 0.29) is 17.9 Å². The Kier molecular flexibility index (Phi) is 6.31. The van der Waals surface area contributed by atoms with Gasteiger partial charge in [-0.15, -0.1) is 0 Å². The van der Waals surface area contributed by atoms with E-state index in [2.05, 4.69) is 11.4 Å². The van der Waals surface area contributed by atoms with Gasteiger partial charge in [0.2, 0.25) is 5.91 Å². The van der Waals surface area contributed by atoms with Crippen molar-refractivity contribution >= 4 is 17.7 Å². The number of carbonyl (C=O) groups is 1. The molecule has 18 heavy (non-hydrogen) atoms. The van der Waals surface area contributed by atoms with Crippen molar-refractivity contribution in [2.24, 2.45) is 0 Å². The number of nitrogens with one attached hydrogen (secondary N) is 1. The van der Waals surface area contributed by atoms with Crippen molar-refractivity contribution in [3.8, 4) is 6.07 Å². The highest BCUT2D eigenvalue weighted by atomic mass is 32.2. The van der Waals surface area contributed by atoms with Crippen LogP contribution in [-0.4, -0.2) is 23.5 Å². The summed E-state index contributed by atoms with van der Waals surface area (Å²) in [5.41, 5.74) is 1.01. The molecular weight excluding hydrogens is 244 g/mol. The maximum atomic E-state index is 11.4. The molecule has 0 aliphatic heterocycles. The minimum atomic E-state index is -0.150. The molecule has 0 bridgehead atoms. The standard InChI is InChI=1S/C14H18N2OS/c1-11(2)16-14(17)10-18-9-13(8-15)12-6-4-3-5-7-12/h3-7,11,13H,9-10H2,1-2H3,(H,16,17). The molecular formula is C14H18N2OS. The molecule has 0 heterocycles. The van der Waals surface area contributed by atoms with E-state index in [0.29, 0.717) is 11.5 Å². The van der Waals surface area contributed by atoms with E-state index in [1.165, 1.54) is 11.8 Å². The van der Waals surface area contributed by atoms with Crippen LogP contribution in [0.25, 0.3) is 0 Å². The number of hydrogen-bond acceptors (Lipinski definition) is 3. The summed E-state index contributed by atoms with van der Waals surface area (Å²) in [6, 6.07) is 12.1. The summed E-state index contributed by atoms with van der Waals surface area (Å²) >= 11 is 1.50. The highest BCUT2D eigenvalue weighted by Gasteiger charge is 2.11. The fourth-order valence-corrected chi connectivity index (χ4v) is 2.42. The van der Waals surface area contributed by atoms with Crippen LogP contribution < -0.4 is 5.32 Å². The predicted molar refractivity (Wildman–Crippen MR) is 75.4 cm³/mol. The SMILES string of the molecule is CC(C)NC(=O)CSCC(C#N)c1ccccc1. The van der Waals surface area contributed by atoms with Crippen LogP contribution in [0.3, 0.4) is 0 Å². The van der Waals surface area contributed by atoms with Gasteiger partial charge < -0.3 is 5.32 Å². The van der Waals surface area contributed by atoms with E-state index >= 15 is 0 Å². The second kappa shape index (κ2) is 7.78. The summed E-state index contributed by atoms with van der Waals surface area (Å²) < 4.78 is 0. The lowest BCUT2D eigenvalue weighted by Gasteiger charge is -2.10. The highest BCUT2D eigenvalue weighted by Crippen LogP contribution is 2.19. The predicted octanol–water partition coefficient (Wildman–Crippen LogP) is 2.55. The number of nitrogens with zero attached hydrogens (tertiary/aromatic N) is 1. The Bertz CT molecular complexity index is 412. The average Bonchev–Trinajstić information content (AvgIpc) is 2.35. The maximum Gasteiger partial charge on any atom is 0.230 e. The first-order chi connectivity index (χ1) is 8.63. The van der Waals surface area contributed by atoms with E-state index in [9.17, 15) is 4.79 Å². The second-order valence-electron chi connectivity index (χ2n) is 4.33. The van der Waals surface area contributed by atoms with Gasteiger partial charge in [-0.3, -0.25) is 4.79 Å². The lowest BCUT2D eigenvalue weighted by atomic mass is 10.0. The third-order valence-corrected chi connectivity index (χ3v) is 3.36. The molecule has 4 heteroatoms. The molecule has 3 nitrogen and oxygen atoms in total. The van der Waals surface area contributed by atoms with Crippen LogP contribution in [0.1, 0.15) is 25.3 Å². The minimum Gasteiger partial charge on any atom is -0.353 e. The Morgan fingerprint density at radius 1 is 1.39 bits per heavy atom. The number of hydrogen-bond donors (Lipinski definition) is 1. The number of carbonyl (C=O) groups excluding carboxylic acids is 1. The molecule has 1 rings (SSSR count). The molecule has 1 unspecified atom stereocenters. The molecule has 0 aromatic heterocycles. The molecule has 0 aliphatic rings. The van der Waals surface area contributed by atoms with E-state index in [1.807, 2.05) is 44.2 Å². The summed E-state index contributed by atoms with van der Waals surface area (Å²) in [7, 11) is 0. The summed E-state index contributed by atoms with van der Waals surface area (Å²) in [5, 5.41) is 12.0. The average molecular weight is 262 g/mol. The van der Waals surface area contributed by atoms with Gasteiger partial charge in [0.05, 0.1) is 17.7 Å². The van der Waals surface area contributed by atoms with Gasteiger partial charge in [0.15, 0.2) is 0 Å². The summed E-state index contributed by atoms with van der Waals surface area (Å²) in [6.07, 6.45) is 0. The van der Waals surface area contributed by atoms with Crippen LogP contribution >= 0.6 is 11.8 Å². The van der Waals surface area contributed by atoms with Gasteiger partial charge in [-0.05, 0) is 19.4 Å². The van der Waals surface area contributed by atoms with E-state index in [0.717, 1.165) is 5.56 Å². The van der Waals surface area contributed by atoms with Crippen molar-refractivity contribution in [3.63, 3.8) is 0 Å². The smallest absolute Gasteiger partial charge is 0.230 e. The van der Waals surface area contributed by atoms with Crippen molar-refractivity contribution < 1.29 is 4.79 Å². The zero-order chi connectivity index (χ0) is 13.4. The molecule has 1 aromatic carbocycles. The molecule has 0 radical (unpaired) electrons. The van der Waals surface area contributed by atoms with Gasteiger partial charge in [0.25, 0.3) is 0 Å². The first-order valence-corrected chi connectivity index (χ1v) is 7.10. The molecule has 96 valence electrons. The van der Waals surface area contributed by atoms with Crippen LogP contribution in [0, 0.1) is 11.3 Å². The molecule has 0 fully saturated rings. The monoisotopic (exact) mass is 262 g/mol. The largest absolute Gasteiger partial charge is 0.353 e. The Hall–Kier alpha value is -1.47. The second-order valence-corrected chi connectivity index (χ2v) is 5.36. The van der Waals surface area contributed by atoms with Crippen LogP contribution in [0.2, 0.25) is 0 Å². The molecule has 1 atom stereocenters. The summed E-state index contributed by atoms with van der Waals surface area (Å²) in [6.45, 7) is 3.87. The zero-order valence-electron chi connectivity index (χ0n) is 10.7. The summed E-state index contributed by atoms with van der Waals surface area (Å²) in [5.74, 6) is 0.928. The lowest BCUT2D eigenvalue weighted by Crippen LogP contribution is -2.31. The highest BCUT2D eigenvalue weighted by molar-refractivity contribution is 7.99. The van der Waals surface area contributed by atoms with Gasteiger partial charge in [-0.1, -0.05) is 30.3 Å². The third-order valence-electron chi connectivity index (χ3n) is 2.33. The third kappa shape index (κ3) is 5.24. The lowest BCUT2D eigenvalue weighted by molar-refractivity contribution is -0.119. The normalized spacial score (nSPS) is 11.9. The molecule has 1 N–H and O–H groups in total. The Balaban J connectivity index is 2.38. The number of nitriles is 1. The van der Waals surface area contributed by atoms with Crippen molar-refractivity contribution in [3.05, 3.63) is 35.9 Å². The van der Waals surface area contributed by atoms with Gasteiger partial charge >= 0.3 is 0 Å². The van der Waals surface area contributed by atoms with Gasteiger partial charge in [0.1, 0.15) is 0 Å². The topological polar surface area (TPSA) is 52.9 Å². The number of thioether (sulfide) groups is 1. The van der Waals surface area contributed by atoms with E-state index in [4.69, 9.17) is 5.26 Å². The van der Waals surface area contributed by atoms with Gasteiger partial charge in [-0.2, -0.15) is 17.0 Å². The van der Waals surface area contributed by atoms with E-state index in [1.54, 1.807) is 0 Å². The quantitative estimate of drug-likeness (QED) is 0.857. The fourth-order valence-electron chi connectivity index (χ4n) is 1.53. The van der Waals surface area contributed by atoms with E-state index < -0.39 is 0 Å². The van der Waals surface area contributed by atoms with Crippen LogP contribution in [0.5, 0.6) is 0 Å². The van der Waals surface area contributed by atoms with Gasteiger partial charge in [-0.25, -0.2) is 0 Å². The maximum absolute atomic E-state index is 11.4. The number of rotatable bonds is 6. The number of benzene rings is 1. The Morgan fingerprint density at radius 3 is 2.61 bits per heavy atom. The first kappa shape index (κ1) is 14.6. The van der Waals surface area contributed by atoms with Crippen molar-refractivity contribution in [2.45, 2.75) is 25.8 Å². The first-order valence-electron chi connectivity index (χ1n) is 5.95. The molecule has 0 saturated heterocycles. The van der Waals surface area contributed by atoms with Crippen LogP contribution in [0.4, 0.5) is 0 Å². The molecule has 0 saturated carbocycles. The number of amides is 1. The molecule has 0 spiro atoms. The molecule has 0 aliphatic carbocycles. The zero-order valence-corrected chi connectivity index (χ0v) is 11.5. The minimum absolute atomic E-state index is 0.0275.